The molecule has 1 heterocycles. The van der Waals surface area contributed by atoms with Crippen molar-refractivity contribution in [3.8, 4) is 0 Å². The quantitative estimate of drug-likeness (QED) is 0.885. The summed E-state index contributed by atoms with van der Waals surface area (Å²) in [4.78, 5) is 14.2. The van der Waals surface area contributed by atoms with Crippen LogP contribution >= 0.6 is 11.8 Å². The predicted octanol–water partition coefficient (Wildman–Crippen LogP) is 1.87. The minimum atomic E-state index is -0.166. The Morgan fingerprint density at radius 3 is 2.82 bits per heavy atom. The summed E-state index contributed by atoms with van der Waals surface area (Å²) in [5, 5.41) is 3.28. The van der Waals surface area contributed by atoms with Gasteiger partial charge in [-0.2, -0.15) is 11.8 Å². The highest BCUT2D eigenvalue weighted by Crippen LogP contribution is 2.22. The lowest BCUT2D eigenvalue weighted by Gasteiger charge is -2.23. The van der Waals surface area contributed by atoms with Gasteiger partial charge in [-0.15, -0.1) is 0 Å². The standard InChI is InChI=1S/C13H18N2OS/c1-10(8-17-2)15-9-14-12(13(15)16)11-6-4-3-5-7-11/h3-7,10,12,14H,8-9H2,1-2H3. The fraction of sp³-hybridized carbons (Fsp3) is 0.462. The fourth-order valence-electron chi connectivity index (χ4n) is 2.13. The SMILES string of the molecule is CSCC(C)N1CNC(c2ccccc2)C1=O. The molecule has 1 saturated heterocycles. The third kappa shape index (κ3) is 2.64. The number of rotatable bonds is 4. The molecule has 17 heavy (non-hydrogen) atoms. The van der Waals surface area contributed by atoms with Crippen LogP contribution in [0, 0.1) is 0 Å². The van der Waals surface area contributed by atoms with Crippen molar-refractivity contribution in [3.63, 3.8) is 0 Å². The van der Waals surface area contributed by atoms with Crippen LogP contribution in [0.2, 0.25) is 0 Å². The second-order valence-electron chi connectivity index (χ2n) is 4.32. The maximum Gasteiger partial charge on any atom is 0.245 e. The average Bonchev–Trinajstić information content (AvgIpc) is 2.72. The molecule has 1 aliphatic rings. The Balaban J connectivity index is 2.08. The number of nitrogens with one attached hydrogen (secondary N) is 1. The molecular formula is C13H18N2OS. The van der Waals surface area contributed by atoms with Gasteiger partial charge in [0.1, 0.15) is 6.04 Å². The van der Waals surface area contributed by atoms with Crippen molar-refractivity contribution >= 4 is 17.7 Å². The Labute approximate surface area is 107 Å². The van der Waals surface area contributed by atoms with E-state index in [1.807, 2.05) is 35.2 Å². The topological polar surface area (TPSA) is 32.3 Å². The highest BCUT2D eigenvalue weighted by Gasteiger charge is 2.34. The molecule has 0 aliphatic carbocycles. The van der Waals surface area contributed by atoms with E-state index in [1.165, 1.54) is 0 Å². The van der Waals surface area contributed by atoms with Crippen molar-refractivity contribution in [3.05, 3.63) is 35.9 Å². The van der Waals surface area contributed by atoms with Gasteiger partial charge in [0, 0.05) is 11.8 Å². The summed E-state index contributed by atoms with van der Waals surface area (Å²) in [6.45, 7) is 2.75. The summed E-state index contributed by atoms with van der Waals surface area (Å²) < 4.78 is 0. The van der Waals surface area contributed by atoms with Crippen molar-refractivity contribution in [2.75, 3.05) is 18.7 Å². The number of amides is 1. The van der Waals surface area contributed by atoms with Crippen LogP contribution in [0.5, 0.6) is 0 Å². The number of nitrogens with zero attached hydrogens (tertiary/aromatic N) is 1. The molecule has 0 spiro atoms. The lowest BCUT2D eigenvalue weighted by molar-refractivity contribution is -0.130. The molecule has 0 radical (unpaired) electrons. The summed E-state index contributed by atoms with van der Waals surface area (Å²) >= 11 is 1.77. The number of hydrogen-bond acceptors (Lipinski definition) is 3. The summed E-state index contributed by atoms with van der Waals surface area (Å²) in [5.74, 6) is 1.17. The second-order valence-corrected chi connectivity index (χ2v) is 5.23. The summed E-state index contributed by atoms with van der Waals surface area (Å²) in [7, 11) is 0. The van der Waals surface area contributed by atoms with Gasteiger partial charge in [0.15, 0.2) is 0 Å². The summed E-state index contributed by atoms with van der Waals surface area (Å²) in [6.07, 6.45) is 2.07. The van der Waals surface area contributed by atoms with Gasteiger partial charge >= 0.3 is 0 Å². The van der Waals surface area contributed by atoms with Crippen LogP contribution in [0.1, 0.15) is 18.5 Å². The van der Waals surface area contributed by atoms with E-state index in [9.17, 15) is 4.79 Å². The van der Waals surface area contributed by atoms with Crippen LogP contribution in [0.4, 0.5) is 0 Å². The maximum absolute atomic E-state index is 12.3. The predicted molar refractivity (Wildman–Crippen MR) is 71.9 cm³/mol. The van der Waals surface area contributed by atoms with E-state index >= 15 is 0 Å². The van der Waals surface area contributed by atoms with Crippen LogP contribution in [0.15, 0.2) is 30.3 Å². The van der Waals surface area contributed by atoms with Crippen LogP contribution in [0.3, 0.4) is 0 Å². The van der Waals surface area contributed by atoms with Crippen LogP contribution in [-0.2, 0) is 4.79 Å². The van der Waals surface area contributed by atoms with Gasteiger partial charge < -0.3 is 4.90 Å². The number of hydrogen-bond donors (Lipinski definition) is 1. The van der Waals surface area contributed by atoms with E-state index in [0.717, 1.165) is 11.3 Å². The van der Waals surface area contributed by atoms with Gasteiger partial charge in [0.05, 0.1) is 6.67 Å². The third-order valence-corrected chi connectivity index (χ3v) is 3.88. The molecule has 0 saturated carbocycles. The Kier molecular flexibility index (Phi) is 4.07. The molecule has 0 aromatic heterocycles. The molecule has 4 heteroatoms. The minimum absolute atomic E-state index is 0.166. The van der Waals surface area contributed by atoms with E-state index in [1.54, 1.807) is 11.8 Å². The molecule has 1 amide bonds. The van der Waals surface area contributed by atoms with Gasteiger partial charge in [-0.3, -0.25) is 10.1 Å². The molecule has 3 nitrogen and oxygen atoms in total. The molecular weight excluding hydrogens is 232 g/mol. The molecule has 1 N–H and O–H groups in total. The lowest BCUT2D eigenvalue weighted by Crippen LogP contribution is -2.37. The highest BCUT2D eigenvalue weighted by molar-refractivity contribution is 7.98. The Morgan fingerprint density at radius 2 is 2.18 bits per heavy atom. The fourth-order valence-corrected chi connectivity index (χ4v) is 2.79. The first-order valence-corrected chi connectivity index (χ1v) is 7.21. The van der Waals surface area contributed by atoms with E-state index < -0.39 is 0 Å². The van der Waals surface area contributed by atoms with Crippen molar-refractivity contribution in [2.45, 2.75) is 19.0 Å². The van der Waals surface area contributed by atoms with Gasteiger partial charge in [0.2, 0.25) is 5.91 Å². The average molecular weight is 250 g/mol. The summed E-state index contributed by atoms with van der Waals surface area (Å²) in [6, 6.07) is 10.0. The molecule has 2 unspecified atom stereocenters. The first-order valence-electron chi connectivity index (χ1n) is 5.81. The number of carbonyl (C=O) groups is 1. The largest absolute Gasteiger partial charge is 0.325 e. The lowest BCUT2D eigenvalue weighted by atomic mass is 10.1. The van der Waals surface area contributed by atoms with Crippen molar-refractivity contribution in [1.29, 1.82) is 0 Å². The van der Waals surface area contributed by atoms with E-state index in [4.69, 9.17) is 0 Å². The van der Waals surface area contributed by atoms with Crippen molar-refractivity contribution in [1.82, 2.24) is 10.2 Å². The van der Waals surface area contributed by atoms with Crippen LogP contribution in [-0.4, -0.2) is 35.5 Å². The summed E-state index contributed by atoms with van der Waals surface area (Å²) in [5.41, 5.74) is 1.05. The maximum atomic E-state index is 12.3. The minimum Gasteiger partial charge on any atom is -0.325 e. The zero-order valence-electron chi connectivity index (χ0n) is 10.2. The van der Waals surface area contributed by atoms with Gasteiger partial charge in [-0.05, 0) is 18.7 Å². The second kappa shape index (κ2) is 5.56. The first-order chi connectivity index (χ1) is 8.24. The number of thioether (sulfide) groups is 1. The number of benzene rings is 1. The van der Waals surface area contributed by atoms with Crippen molar-refractivity contribution < 1.29 is 4.79 Å². The van der Waals surface area contributed by atoms with E-state index in [2.05, 4.69) is 18.5 Å². The highest BCUT2D eigenvalue weighted by atomic mass is 32.2. The Bertz CT molecular complexity index is 382. The van der Waals surface area contributed by atoms with Crippen molar-refractivity contribution in [2.24, 2.45) is 0 Å². The molecule has 1 fully saturated rings. The molecule has 1 aromatic carbocycles. The van der Waals surface area contributed by atoms with E-state index in [-0.39, 0.29) is 11.9 Å². The number of carbonyl (C=O) groups excluding carboxylic acids is 1. The van der Waals surface area contributed by atoms with Crippen LogP contribution < -0.4 is 5.32 Å². The van der Waals surface area contributed by atoms with Gasteiger partial charge in [0.25, 0.3) is 0 Å². The van der Waals surface area contributed by atoms with Gasteiger partial charge in [-0.1, -0.05) is 30.3 Å². The molecule has 2 atom stereocenters. The smallest absolute Gasteiger partial charge is 0.245 e. The Morgan fingerprint density at radius 1 is 1.47 bits per heavy atom. The zero-order valence-corrected chi connectivity index (χ0v) is 11.0. The Hall–Kier alpha value is -1.00. The normalized spacial score (nSPS) is 21.9. The first kappa shape index (κ1) is 12.5. The molecule has 92 valence electrons. The zero-order chi connectivity index (χ0) is 12.3. The van der Waals surface area contributed by atoms with E-state index in [0.29, 0.717) is 12.7 Å². The molecule has 2 rings (SSSR count). The van der Waals surface area contributed by atoms with Crippen LogP contribution in [0.25, 0.3) is 0 Å². The van der Waals surface area contributed by atoms with Gasteiger partial charge in [-0.25, -0.2) is 0 Å². The molecule has 0 bridgehead atoms. The monoisotopic (exact) mass is 250 g/mol. The molecule has 1 aromatic rings. The third-order valence-electron chi connectivity index (χ3n) is 3.07. The molecule has 1 aliphatic heterocycles.